The molecule has 1 N–H and O–H groups in total. The molecule has 1 aromatic carbocycles. The van der Waals surface area contributed by atoms with Crippen molar-refractivity contribution in [3.05, 3.63) is 66.0 Å². The summed E-state index contributed by atoms with van der Waals surface area (Å²) in [5.74, 6) is 0.253. The molecule has 15 heavy (non-hydrogen) atoms. The van der Waals surface area contributed by atoms with Crippen molar-refractivity contribution in [3.8, 4) is 0 Å². The lowest BCUT2D eigenvalue weighted by molar-refractivity contribution is 0.515. The predicted octanol–water partition coefficient (Wildman–Crippen LogP) is 3.14. The van der Waals surface area contributed by atoms with Crippen LogP contribution in [0.3, 0.4) is 0 Å². The highest BCUT2D eigenvalue weighted by atomic mass is 16.3. The molecule has 1 heterocycles. The SMILES string of the molecule is OC(=Cc1ccccc1)c1ccncc1. The van der Waals surface area contributed by atoms with Crippen molar-refractivity contribution in [2.24, 2.45) is 0 Å². The Labute approximate surface area is 88.5 Å². The van der Waals surface area contributed by atoms with Gasteiger partial charge in [0.1, 0.15) is 5.76 Å². The smallest absolute Gasteiger partial charge is 0.123 e. The number of hydrogen-bond donors (Lipinski definition) is 1. The Hall–Kier alpha value is -2.09. The van der Waals surface area contributed by atoms with E-state index in [1.807, 2.05) is 30.3 Å². The molecule has 0 unspecified atom stereocenters. The van der Waals surface area contributed by atoms with E-state index in [-0.39, 0.29) is 5.76 Å². The first-order valence-electron chi connectivity index (χ1n) is 4.72. The summed E-state index contributed by atoms with van der Waals surface area (Å²) < 4.78 is 0. The quantitative estimate of drug-likeness (QED) is 0.750. The number of benzene rings is 1. The Balaban J connectivity index is 2.29. The van der Waals surface area contributed by atoms with Crippen LogP contribution in [0.2, 0.25) is 0 Å². The minimum Gasteiger partial charge on any atom is -0.507 e. The fourth-order valence-corrected chi connectivity index (χ4v) is 1.31. The van der Waals surface area contributed by atoms with Crippen LogP contribution >= 0.6 is 0 Å². The lowest BCUT2D eigenvalue weighted by Crippen LogP contribution is -1.83. The maximum absolute atomic E-state index is 9.81. The summed E-state index contributed by atoms with van der Waals surface area (Å²) in [4.78, 5) is 3.90. The van der Waals surface area contributed by atoms with Crippen LogP contribution in [-0.2, 0) is 0 Å². The van der Waals surface area contributed by atoms with Gasteiger partial charge in [0.2, 0.25) is 0 Å². The average molecular weight is 197 g/mol. The van der Waals surface area contributed by atoms with Crippen LogP contribution in [0, 0.1) is 0 Å². The molecule has 0 amide bonds. The molecule has 0 atom stereocenters. The Morgan fingerprint density at radius 2 is 1.67 bits per heavy atom. The summed E-state index contributed by atoms with van der Waals surface area (Å²) >= 11 is 0. The van der Waals surface area contributed by atoms with Crippen LogP contribution in [0.4, 0.5) is 0 Å². The average Bonchev–Trinajstić information content (AvgIpc) is 2.31. The molecule has 0 radical (unpaired) electrons. The van der Waals surface area contributed by atoms with Crippen molar-refractivity contribution >= 4 is 11.8 Å². The van der Waals surface area contributed by atoms with E-state index in [0.717, 1.165) is 11.1 Å². The lowest BCUT2D eigenvalue weighted by Gasteiger charge is -1.99. The fraction of sp³-hybridized carbons (Fsp3) is 0. The van der Waals surface area contributed by atoms with E-state index in [1.165, 1.54) is 0 Å². The van der Waals surface area contributed by atoms with Crippen molar-refractivity contribution < 1.29 is 5.11 Å². The molecule has 0 bridgehead atoms. The topological polar surface area (TPSA) is 33.1 Å². The maximum atomic E-state index is 9.81. The Bertz CT molecular complexity index is 448. The summed E-state index contributed by atoms with van der Waals surface area (Å²) in [6, 6.07) is 13.2. The summed E-state index contributed by atoms with van der Waals surface area (Å²) in [6.07, 6.45) is 5.05. The first-order valence-corrected chi connectivity index (χ1v) is 4.72. The standard InChI is InChI=1S/C13H11NO/c15-13(12-6-8-14-9-7-12)10-11-4-2-1-3-5-11/h1-10,15H. The highest BCUT2D eigenvalue weighted by Gasteiger charge is 1.97. The number of pyridine rings is 1. The first-order chi connectivity index (χ1) is 7.36. The van der Waals surface area contributed by atoms with Crippen molar-refractivity contribution in [1.29, 1.82) is 0 Å². The van der Waals surface area contributed by atoms with Crippen LogP contribution in [0.15, 0.2) is 54.9 Å². The van der Waals surface area contributed by atoms with Crippen molar-refractivity contribution in [3.63, 3.8) is 0 Å². The van der Waals surface area contributed by atoms with Crippen LogP contribution in [-0.4, -0.2) is 10.1 Å². The molecule has 0 spiro atoms. The Kier molecular flexibility index (Phi) is 2.79. The highest BCUT2D eigenvalue weighted by Crippen LogP contribution is 2.13. The zero-order valence-electron chi connectivity index (χ0n) is 8.17. The third kappa shape index (κ3) is 2.44. The van der Waals surface area contributed by atoms with Gasteiger partial charge in [-0.3, -0.25) is 4.98 Å². The van der Waals surface area contributed by atoms with E-state index in [4.69, 9.17) is 0 Å². The van der Waals surface area contributed by atoms with Crippen LogP contribution < -0.4 is 0 Å². The Morgan fingerprint density at radius 1 is 1.00 bits per heavy atom. The number of aromatic nitrogens is 1. The van der Waals surface area contributed by atoms with E-state index in [9.17, 15) is 5.11 Å². The van der Waals surface area contributed by atoms with Gasteiger partial charge in [0.05, 0.1) is 0 Å². The van der Waals surface area contributed by atoms with E-state index < -0.39 is 0 Å². The van der Waals surface area contributed by atoms with Gasteiger partial charge in [0.25, 0.3) is 0 Å². The maximum Gasteiger partial charge on any atom is 0.123 e. The van der Waals surface area contributed by atoms with Gasteiger partial charge in [-0.05, 0) is 23.8 Å². The molecule has 1 aromatic heterocycles. The summed E-state index contributed by atoms with van der Waals surface area (Å²) in [5.41, 5.74) is 1.75. The number of aliphatic hydroxyl groups excluding tert-OH is 1. The van der Waals surface area contributed by atoms with E-state index in [2.05, 4.69) is 4.98 Å². The molecular weight excluding hydrogens is 186 g/mol. The molecule has 0 fully saturated rings. The minimum atomic E-state index is 0.253. The largest absolute Gasteiger partial charge is 0.507 e. The molecule has 74 valence electrons. The third-order valence-electron chi connectivity index (χ3n) is 2.08. The van der Waals surface area contributed by atoms with Gasteiger partial charge in [-0.25, -0.2) is 0 Å². The second kappa shape index (κ2) is 4.42. The Morgan fingerprint density at radius 3 is 2.33 bits per heavy atom. The van der Waals surface area contributed by atoms with Gasteiger partial charge < -0.3 is 5.11 Å². The molecule has 0 aliphatic carbocycles. The fourth-order valence-electron chi connectivity index (χ4n) is 1.31. The van der Waals surface area contributed by atoms with Gasteiger partial charge >= 0.3 is 0 Å². The van der Waals surface area contributed by atoms with Gasteiger partial charge in [-0.1, -0.05) is 30.3 Å². The molecule has 2 aromatic rings. The third-order valence-corrected chi connectivity index (χ3v) is 2.08. The molecular formula is C13H11NO. The normalized spacial score (nSPS) is 11.3. The van der Waals surface area contributed by atoms with Crippen LogP contribution in [0.25, 0.3) is 11.8 Å². The van der Waals surface area contributed by atoms with E-state index in [0.29, 0.717) is 0 Å². The molecule has 2 heteroatoms. The summed E-state index contributed by atoms with van der Waals surface area (Å²) in [5, 5.41) is 9.81. The highest BCUT2D eigenvalue weighted by molar-refractivity contribution is 5.75. The van der Waals surface area contributed by atoms with Crippen molar-refractivity contribution in [2.75, 3.05) is 0 Å². The molecule has 0 saturated heterocycles. The first kappa shape index (κ1) is 9.46. The molecule has 2 rings (SSSR count). The van der Waals surface area contributed by atoms with E-state index in [1.54, 1.807) is 30.6 Å². The number of aliphatic hydroxyl groups is 1. The van der Waals surface area contributed by atoms with Gasteiger partial charge in [0.15, 0.2) is 0 Å². The minimum absolute atomic E-state index is 0.253. The molecule has 0 saturated carbocycles. The molecule has 0 aliphatic rings. The zero-order chi connectivity index (χ0) is 10.5. The summed E-state index contributed by atoms with van der Waals surface area (Å²) in [7, 11) is 0. The van der Waals surface area contributed by atoms with Gasteiger partial charge in [-0.2, -0.15) is 0 Å². The lowest BCUT2D eigenvalue weighted by atomic mass is 10.1. The van der Waals surface area contributed by atoms with Crippen molar-refractivity contribution in [2.45, 2.75) is 0 Å². The molecule has 2 nitrogen and oxygen atoms in total. The predicted molar refractivity (Wildman–Crippen MR) is 61.2 cm³/mol. The number of rotatable bonds is 2. The zero-order valence-corrected chi connectivity index (χ0v) is 8.17. The number of hydrogen-bond acceptors (Lipinski definition) is 2. The monoisotopic (exact) mass is 197 g/mol. The molecule has 0 aliphatic heterocycles. The second-order valence-electron chi connectivity index (χ2n) is 3.18. The van der Waals surface area contributed by atoms with E-state index >= 15 is 0 Å². The van der Waals surface area contributed by atoms with Gasteiger partial charge in [-0.15, -0.1) is 0 Å². The number of nitrogens with zero attached hydrogens (tertiary/aromatic N) is 1. The summed E-state index contributed by atoms with van der Waals surface area (Å²) in [6.45, 7) is 0. The van der Waals surface area contributed by atoms with Crippen LogP contribution in [0.1, 0.15) is 11.1 Å². The van der Waals surface area contributed by atoms with Crippen LogP contribution in [0.5, 0.6) is 0 Å². The van der Waals surface area contributed by atoms with Gasteiger partial charge in [0, 0.05) is 18.0 Å². The second-order valence-corrected chi connectivity index (χ2v) is 3.18. The van der Waals surface area contributed by atoms with Crippen molar-refractivity contribution in [1.82, 2.24) is 4.98 Å².